The molecule has 1 unspecified atom stereocenters. The highest BCUT2D eigenvalue weighted by atomic mass is 16.3. The largest absolute Gasteiger partial charge is 0.387 e. The van der Waals surface area contributed by atoms with Gasteiger partial charge in [0.2, 0.25) is 17.7 Å². The van der Waals surface area contributed by atoms with Crippen LogP contribution in [0.5, 0.6) is 0 Å². The average molecular weight is 678 g/mol. The number of hydrogen-bond donors (Lipinski definition) is 2. The highest BCUT2D eigenvalue weighted by Gasteiger charge is 2.51. The Morgan fingerprint density at radius 3 is 2.46 bits per heavy atom. The lowest BCUT2D eigenvalue weighted by Crippen LogP contribution is -2.43. The van der Waals surface area contributed by atoms with Gasteiger partial charge < -0.3 is 19.8 Å². The van der Waals surface area contributed by atoms with E-state index in [2.05, 4.69) is 49.5 Å². The van der Waals surface area contributed by atoms with Gasteiger partial charge in [0.1, 0.15) is 12.9 Å². The maximum absolute atomic E-state index is 14.0. The second kappa shape index (κ2) is 13.1. The topological polar surface area (TPSA) is 144 Å². The number of piperidine rings is 1. The summed E-state index contributed by atoms with van der Waals surface area (Å²) in [5.74, 6) is 0.929. The fourth-order valence-electron chi connectivity index (χ4n) is 8.30. The van der Waals surface area contributed by atoms with Crippen LogP contribution >= 0.6 is 0 Å². The number of carbonyl (C=O) groups excluding carboxylic acids is 3. The summed E-state index contributed by atoms with van der Waals surface area (Å²) in [7, 11) is 1.86. The highest BCUT2D eigenvalue weighted by Crippen LogP contribution is 2.43. The van der Waals surface area contributed by atoms with E-state index >= 15 is 0 Å². The van der Waals surface area contributed by atoms with Crippen molar-refractivity contribution in [1.29, 1.82) is 0 Å². The second-order valence-electron chi connectivity index (χ2n) is 14.2. The molecule has 2 N–H and O–H groups in total. The first-order chi connectivity index (χ1) is 24.3. The number of benzene rings is 2. The van der Waals surface area contributed by atoms with Gasteiger partial charge >= 0.3 is 0 Å². The van der Waals surface area contributed by atoms with Crippen molar-refractivity contribution in [3.63, 3.8) is 0 Å². The number of aryl methyl sites for hydroxylation is 1. The molecule has 0 bridgehead atoms. The van der Waals surface area contributed by atoms with Gasteiger partial charge in [-0.05, 0) is 68.0 Å². The maximum Gasteiger partial charge on any atom is 0.248 e. The summed E-state index contributed by atoms with van der Waals surface area (Å²) in [5, 5.41) is 22.4. The number of aliphatic hydroxyl groups is 1. The molecule has 3 saturated heterocycles. The normalized spacial score (nSPS) is 21.9. The number of rotatable bonds is 7. The van der Waals surface area contributed by atoms with Crippen molar-refractivity contribution in [2.45, 2.75) is 38.0 Å². The van der Waals surface area contributed by atoms with Crippen LogP contribution in [0.25, 0.3) is 27.9 Å². The Morgan fingerprint density at radius 2 is 1.74 bits per heavy atom. The van der Waals surface area contributed by atoms with E-state index in [1.807, 2.05) is 41.1 Å². The van der Waals surface area contributed by atoms with E-state index in [9.17, 15) is 19.5 Å². The molecule has 1 spiro atoms. The molecule has 260 valence electrons. The number of H-pyrrole nitrogens is 1. The van der Waals surface area contributed by atoms with Gasteiger partial charge in [0.15, 0.2) is 5.82 Å². The molecule has 0 aliphatic carbocycles. The number of aliphatic hydroxyl groups excluding tert-OH is 1. The lowest BCUT2D eigenvalue weighted by Gasteiger charge is -2.31. The van der Waals surface area contributed by atoms with Gasteiger partial charge in [0.05, 0.1) is 23.2 Å². The van der Waals surface area contributed by atoms with E-state index in [0.29, 0.717) is 51.6 Å². The molecule has 6 heterocycles. The standard InChI is InChI=1S/C37H43N9O4/c1-42-24-38-35(41-42)28-4-2-25(3-5-28)26-8-14-44(15-9-26)32(48)21-43-18-12-37(23-43)13-19-46(36(37)50)29-6-7-31-30(20-29)34(40-39-31)27-10-16-45(17-11-27)33(49)22-47/h2-8,20,24,27,47H,9-19,21-23H2,1H3,(H,39,40). The van der Waals surface area contributed by atoms with Crippen molar-refractivity contribution in [1.82, 2.24) is 39.7 Å². The van der Waals surface area contributed by atoms with Crippen LogP contribution in [0.3, 0.4) is 0 Å². The fraction of sp³-hybridized carbons (Fsp3) is 0.459. The molecule has 3 fully saturated rings. The van der Waals surface area contributed by atoms with Gasteiger partial charge in [-0.15, -0.1) is 0 Å². The van der Waals surface area contributed by atoms with Crippen molar-refractivity contribution in [3.8, 4) is 11.4 Å². The molecule has 0 saturated carbocycles. The summed E-state index contributed by atoms with van der Waals surface area (Å²) in [6.07, 6.45) is 7.75. The molecular formula is C37H43N9O4. The predicted octanol–water partition coefficient (Wildman–Crippen LogP) is 2.80. The smallest absolute Gasteiger partial charge is 0.248 e. The van der Waals surface area contributed by atoms with Crippen LogP contribution in [-0.2, 0) is 21.4 Å². The third-order valence-corrected chi connectivity index (χ3v) is 11.2. The molecule has 2 aromatic carbocycles. The molecule has 13 heteroatoms. The third kappa shape index (κ3) is 5.98. The Balaban J connectivity index is 0.872. The summed E-state index contributed by atoms with van der Waals surface area (Å²) >= 11 is 0. The number of likely N-dealkylation sites (tertiary alicyclic amines) is 2. The minimum absolute atomic E-state index is 0.112. The zero-order valence-electron chi connectivity index (χ0n) is 28.4. The number of amides is 3. The third-order valence-electron chi connectivity index (χ3n) is 11.2. The molecule has 4 aliphatic rings. The van der Waals surface area contributed by atoms with E-state index in [4.69, 9.17) is 0 Å². The van der Waals surface area contributed by atoms with Gasteiger partial charge in [-0.2, -0.15) is 10.2 Å². The molecule has 3 amide bonds. The molecule has 4 aromatic rings. The van der Waals surface area contributed by atoms with Crippen molar-refractivity contribution in [2.75, 3.05) is 63.9 Å². The Hall–Kier alpha value is -4.88. The predicted molar refractivity (Wildman–Crippen MR) is 188 cm³/mol. The second-order valence-corrected chi connectivity index (χ2v) is 14.2. The van der Waals surface area contributed by atoms with Crippen LogP contribution in [0, 0.1) is 5.41 Å². The Morgan fingerprint density at radius 1 is 0.960 bits per heavy atom. The molecule has 8 rings (SSSR count). The van der Waals surface area contributed by atoms with Crippen LogP contribution in [0.1, 0.15) is 49.3 Å². The summed E-state index contributed by atoms with van der Waals surface area (Å²) in [6, 6.07) is 14.4. The molecule has 0 radical (unpaired) electrons. The van der Waals surface area contributed by atoms with E-state index in [1.165, 1.54) is 5.57 Å². The quantitative estimate of drug-likeness (QED) is 0.304. The molecule has 2 aromatic heterocycles. The monoisotopic (exact) mass is 677 g/mol. The zero-order chi connectivity index (χ0) is 34.4. The Bertz CT molecular complexity index is 1960. The fourth-order valence-corrected chi connectivity index (χ4v) is 8.30. The molecule has 50 heavy (non-hydrogen) atoms. The van der Waals surface area contributed by atoms with Gasteiger partial charge in [0.25, 0.3) is 0 Å². The van der Waals surface area contributed by atoms with Crippen molar-refractivity contribution in [2.24, 2.45) is 12.5 Å². The molecule has 13 nitrogen and oxygen atoms in total. The number of hydrogen-bond acceptors (Lipinski definition) is 8. The summed E-state index contributed by atoms with van der Waals surface area (Å²) in [6.45, 7) is 4.32. The highest BCUT2D eigenvalue weighted by molar-refractivity contribution is 6.02. The van der Waals surface area contributed by atoms with E-state index < -0.39 is 12.0 Å². The van der Waals surface area contributed by atoms with Crippen LogP contribution in [0.4, 0.5) is 5.69 Å². The van der Waals surface area contributed by atoms with E-state index in [1.54, 1.807) is 15.9 Å². The van der Waals surface area contributed by atoms with Crippen LogP contribution in [0.2, 0.25) is 0 Å². The van der Waals surface area contributed by atoms with Crippen LogP contribution in [0.15, 0.2) is 54.9 Å². The molecule has 4 aliphatic heterocycles. The Kier molecular flexibility index (Phi) is 8.47. The minimum atomic E-state index is -0.466. The van der Waals surface area contributed by atoms with Gasteiger partial charge in [-0.3, -0.25) is 29.1 Å². The lowest BCUT2D eigenvalue weighted by atomic mass is 9.85. The molecular weight excluding hydrogens is 634 g/mol. The minimum Gasteiger partial charge on any atom is -0.387 e. The summed E-state index contributed by atoms with van der Waals surface area (Å²) in [5.41, 5.74) is 5.69. The first-order valence-corrected chi connectivity index (χ1v) is 17.6. The lowest BCUT2D eigenvalue weighted by molar-refractivity contribution is -0.135. The number of aromatic amines is 1. The number of fused-ring (bicyclic) bond motifs is 1. The summed E-state index contributed by atoms with van der Waals surface area (Å²) < 4.78 is 1.69. The van der Waals surface area contributed by atoms with Crippen molar-refractivity contribution in [3.05, 3.63) is 66.1 Å². The number of aromatic nitrogens is 5. The first kappa shape index (κ1) is 32.3. The summed E-state index contributed by atoms with van der Waals surface area (Å²) in [4.78, 5) is 51.4. The molecule has 1 atom stereocenters. The zero-order valence-corrected chi connectivity index (χ0v) is 28.4. The van der Waals surface area contributed by atoms with Gasteiger partial charge in [-0.25, -0.2) is 4.98 Å². The van der Waals surface area contributed by atoms with Crippen molar-refractivity contribution >= 4 is 39.9 Å². The van der Waals surface area contributed by atoms with Gasteiger partial charge in [-0.1, -0.05) is 30.3 Å². The van der Waals surface area contributed by atoms with E-state index in [-0.39, 0.29) is 23.6 Å². The maximum atomic E-state index is 14.0. The number of nitrogens with zero attached hydrogens (tertiary/aromatic N) is 8. The number of anilines is 1. The Labute approximate surface area is 290 Å². The van der Waals surface area contributed by atoms with E-state index in [0.717, 1.165) is 72.1 Å². The SMILES string of the molecule is Cn1cnc(-c2ccc(C3=CCN(C(=O)CN4CCC5(CCN(c6ccc7[nH]nc(C8CCN(C(=O)CO)CC8)c7c6)C5=O)C4)CC3)cc2)n1. The number of carbonyl (C=O) groups is 3. The number of nitrogens with one attached hydrogen (secondary N) is 1. The average Bonchev–Trinajstić information content (AvgIpc) is 3.95. The van der Waals surface area contributed by atoms with Crippen LogP contribution < -0.4 is 4.90 Å². The van der Waals surface area contributed by atoms with Crippen molar-refractivity contribution < 1.29 is 19.5 Å². The first-order valence-electron chi connectivity index (χ1n) is 17.6. The van der Waals surface area contributed by atoms with Crippen LogP contribution in [-0.4, -0.2) is 121 Å². The van der Waals surface area contributed by atoms with Gasteiger partial charge in [0, 0.05) is 68.9 Å².